The Morgan fingerprint density at radius 2 is 2.12 bits per heavy atom. The van der Waals surface area contributed by atoms with Crippen LogP contribution in [-0.4, -0.2) is 29.6 Å². The highest BCUT2D eigenvalue weighted by Crippen LogP contribution is 2.29. The Morgan fingerprint density at radius 1 is 1.38 bits per heavy atom. The van der Waals surface area contributed by atoms with Crippen molar-refractivity contribution in [1.82, 2.24) is 10.2 Å². The van der Waals surface area contributed by atoms with Crippen molar-refractivity contribution in [1.29, 1.82) is 0 Å². The molecule has 0 aromatic rings. The van der Waals surface area contributed by atoms with Crippen LogP contribution >= 0.6 is 0 Å². The van der Waals surface area contributed by atoms with Crippen LogP contribution in [0.2, 0.25) is 0 Å². The van der Waals surface area contributed by atoms with Crippen molar-refractivity contribution in [3.8, 4) is 0 Å². The number of carbonyl (C=O) groups excluding carboxylic acids is 1. The molecular formula is C13H24N2O. The van der Waals surface area contributed by atoms with E-state index in [2.05, 4.69) is 24.1 Å². The molecule has 92 valence electrons. The first-order chi connectivity index (χ1) is 7.76. The van der Waals surface area contributed by atoms with Crippen LogP contribution < -0.4 is 5.32 Å². The molecule has 2 unspecified atom stereocenters. The first-order valence-corrected chi connectivity index (χ1v) is 6.82. The average molecular weight is 224 g/mol. The summed E-state index contributed by atoms with van der Waals surface area (Å²) in [5.41, 5.74) is 0. The zero-order valence-electron chi connectivity index (χ0n) is 10.5. The van der Waals surface area contributed by atoms with E-state index >= 15 is 0 Å². The van der Waals surface area contributed by atoms with E-state index < -0.39 is 0 Å². The van der Waals surface area contributed by atoms with Crippen molar-refractivity contribution in [2.24, 2.45) is 5.92 Å². The lowest BCUT2D eigenvalue weighted by Crippen LogP contribution is -2.41. The molecule has 0 aromatic carbocycles. The average Bonchev–Trinajstić information content (AvgIpc) is 2.51. The maximum Gasteiger partial charge on any atom is 0.241 e. The van der Waals surface area contributed by atoms with E-state index in [0.717, 1.165) is 31.7 Å². The Kier molecular flexibility index (Phi) is 3.85. The van der Waals surface area contributed by atoms with Gasteiger partial charge < -0.3 is 4.90 Å². The summed E-state index contributed by atoms with van der Waals surface area (Å²) < 4.78 is 0. The third-order valence-electron chi connectivity index (χ3n) is 3.99. The highest BCUT2D eigenvalue weighted by molar-refractivity contribution is 5.84. The summed E-state index contributed by atoms with van der Waals surface area (Å²) in [4.78, 5) is 14.3. The Morgan fingerprint density at radius 3 is 2.62 bits per heavy atom. The van der Waals surface area contributed by atoms with Crippen LogP contribution in [0, 0.1) is 5.92 Å². The molecule has 16 heavy (non-hydrogen) atoms. The molecule has 1 aliphatic heterocycles. The largest absolute Gasteiger partial charge is 0.326 e. The van der Waals surface area contributed by atoms with Crippen molar-refractivity contribution in [3.63, 3.8) is 0 Å². The molecule has 0 radical (unpaired) electrons. The second-order valence-corrected chi connectivity index (χ2v) is 5.22. The van der Waals surface area contributed by atoms with Gasteiger partial charge in [0.2, 0.25) is 5.91 Å². The van der Waals surface area contributed by atoms with Gasteiger partial charge in [-0.3, -0.25) is 10.1 Å². The number of nitrogens with zero attached hydrogens (tertiary/aromatic N) is 1. The van der Waals surface area contributed by atoms with Gasteiger partial charge in [-0.2, -0.15) is 0 Å². The van der Waals surface area contributed by atoms with Gasteiger partial charge in [-0.05, 0) is 31.6 Å². The zero-order chi connectivity index (χ0) is 11.5. The lowest BCUT2D eigenvalue weighted by atomic mass is 9.85. The molecule has 2 atom stereocenters. The van der Waals surface area contributed by atoms with Crippen molar-refractivity contribution in [2.75, 3.05) is 6.54 Å². The molecule has 3 nitrogen and oxygen atoms in total. The van der Waals surface area contributed by atoms with Crippen LogP contribution in [-0.2, 0) is 4.79 Å². The molecular weight excluding hydrogens is 200 g/mol. The van der Waals surface area contributed by atoms with Crippen molar-refractivity contribution >= 4 is 5.91 Å². The summed E-state index contributed by atoms with van der Waals surface area (Å²) in [5, 5.41) is 3.47. The second kappa shape index (κ2) is 5.17. The number of rotatable bonds is 5. The SMILES string of the molecule is CCCC1NC(CC)N(CC2CCC2)C1=O. The molecule has 1 heterocycles. The first-order valence-electron chi connectivity index (χ1n) is 6.82. The third-order valence-corrected chi connectivity index (χ3v) is 3.99. The fourth-order valence-electron chi connectivity index (χ4n) is 2.75. The molecule has 1 N–H and O–H groups in total. The molecule has 1 saturated carbocycles. The molecule has 1 amide bonds. The first kappa shape index (κ1) is 11.9. The quantitative estimate of drug-likeness (QED) is 0.776. The highest BCUT2D eigenvalue weighted by atomic mass is 16.2. The number of nitrogens with one attached hydrogen (secondary N) is 1. The van der Waals surface area contributed by atoms with Crippen LogP contribution in [0.4, 0.5) is 0 Å². The van der Waals surface area contributed by atoms with Gasteiger partial charge in [-0.15, -0.1) is 0 Å². The normalized spacial score (nSPS) is 30.9. The Labute approximate surface area is 98.6 Å². The summed E-state index contributed by atoms with van der Waals surface area (Å²) in [7, 11) is 0. The molecule has 1 aliphatic carbocycles. The van der Waals surface area contributed by atoms with Crippen LogP contribution in [0.25, 0.3) is 0 Å². The topological polar surface area (TPSA) is 32.3 Å². The summed E-state index contributed by atoms with van der Waals surface area (Å²) in [6.45, 7) is 5.29. The zero-order valence-corrected chi connectivity index (χ0v) is 10.5. The monoisotopic (exact) mass is 224 g/mol. The third kappa shape index (κ3) is 2.24. The van der Waals surface area contributed by atoms with Gasteiger partial charge >= 0.3 is 0 Å². The molecule has 2 aliphatic rings. The minimum Gasteiger partial charge on any atom is -0.326 e. The number of hydrogen-bond donors (Lipinski definition) is 1. The maximum atomic E-state index is 12.2. The Hall–Kier alpha value is -0.570. The smallest absolute Gasteiger partial charge is 0.241 e. The van der Waals surface area contributed by atoms with Gasteiger partial charge in [0.1, 0.15) is 0 Å². The fourth-order valence-corrected chi connectivity index (χ4v) is 2.75. The molecule has 1 saturated heterocycles. The van der Waals surface area contributed by atoms with E-state index in [1.807, 2.05) is 0 Å². The molecule has 3 heteroatoms. The molecule has 0 bridgehead atoms. The number of carbonyl (C=O) groups is 1. The predicted molar refractivity (Wildman–Crippen MR) is 65.0 cm³/mol. The lowest BCUT2D eigenvalue weighted by molar-refractivity contribution is -0.131. The summed E-state index contributed by atoms with van der Waals surface area (Å²) >= 11 is 0. The van der Waals surface area contributed by atoms with Crippen molar-refractivity contribution in [2.45, 2.75) is 64.6 Å². The van der Waals surface area contributed by atoms with E-state index in [-0.39, 0.29) is 6.04 Å². The lowest BCUT2D eigenvalue weighted by Gasteiger charge is -2.32. The van der Waals surface area contributed by atoms with Crippen LogP contribution in [0.1, 0.15) is 52.4 Å². The molecule has 0 aromatic heterocycles. The maximum absolute atomic E-state index is 12.2. The van der Waals surface area contributed by atoms with Gasteiger partial charge in [0.05, 0.1) is 12.2 Å². The van der Waals surface area contributed by atoms with Gasteiger partial charge in [-0.25, -0.2) is 0 Å². The highest BCUT2D eigenvalue weighted by Gasteiger charge is 2.38. The minimum absolute atomic E-state index is 0.0926. The molecule has 2 fully saturated rings. The minimum atomic E-state index is 0.0926. The van der Waals surface area contributed by atoms with E-state index in [9.17, 15) is 4.79 Å². The Balaban J connectivity index is 1.94. The Bertz CT molecular complexity index is 250. The van der Waals surface area contributed by atoms with Crippen LogP contribution in [0.5, 0.6) is 0 Å². The number of amides is 1. The van der Waals surface area contributed by atoms with Gasteiger partial charge in [0, 0.05) is 6.54 Å². The van der Waals surface area contributed by atoms with E-state index in [0.29, 0.717) is 12.1 Å². The standard InChI is InChI=1S/C13H24N2O/c1-3-6-11-13(16)15(12(4-2)14-11)9-10-7-5-8-10/h10-12,14H,3-9H2,1-2H3. The van der Waals surface area contributed by atoms with E-state index in [1.54, 1.807) is 0 Å². The molecule has 2 rings (SSSR count). The van der Waals surface area contributed by atoms with Crippen LogP contribution in [0.15, 0.2) is 0 Å². The predicted octanol–water partition coefficient (Wildman–Crippen LogP) is 2.12. The number of hydrogen-bond acceptors (Lipinski definition) is 2. The van der Waals surface area contributed by atoms with Gasteiger partial charge in [0.25, 0.3) is 0 Å². The van der Waals surface area contributed by atoms with Gasteiger partial charge in [-0.1, -0.05) is 26.7 Å². The second-order valence-electron chi connectivity index (χ2n) is 5.22. The van der Waals surface area contributed by atoms with Crippen molar-refractivity contribution < 1.29 is 4.79 Å². The van der Waals surface area contributed by atoms with Crippen molar-refractivity contribution in [3.05, 3.63) is 0 Å². The summed E-state index contributed by atoms with van der Waals surface area (Å²) in [6, 6.07) is 0.0926. The summed E-state index contributed by atoms with van der Waals surface area (Å²) in [6.07, 6.45) is 7.38. The van der Waals surface area contributed by atoms with E-state index in [1.165, 1.54) is 19.3 Å². The van der Waals surface area contributed by atoms with Crippen LogP contribution in [0.3, 0.4) is 0 Å². The van der Waals surface area contributed by atoms with E-state index in [4.69, 9.17) is 0 Å². The summed E-state index contributed by atoms with van der Waals surface area (Å²) in [5.74, 6) is 1.13. The molecule has 0 spiro atoms. The van der Waals surface area contributed by atoms with Gasteiger partial charge in [0.15, 0.2) is 0 Å². The fraction of sp³-hybridized carbons (Fsp3) is 0.923.